The molecule has 0 amide bonds. The highest BCUT2D eigenvalue weighted by atomic mass is 16.4. The van der Waals surface area contributed by atoms with Gasteiger partial charge >= 0.3 is 0 Å². The SMILES string of the molecule is CCCCCc1nnc(CNC2CC2)o1. The van der Waals surface area contributed by atoms with E-state index in [2.05, 4.69) is 22.4 Å². The Morgan fingerprint density at radius 2 is 2.07 bits per heavy atom. The summed E-state index contributed by atoms with van der Waals surface area (Å²) in [5.41, 5.74) is 0. The largest absolute Gasteiger partial charge is 0.424 e. The lowest BCUT2D eigenvalue weighted by Crippen LogP contribution is -2.15. The molecule has 0 spiro atoms. The number of hydrogen-bond donors (Lipinski definition) is 1. The van der Waals surface area contributed by atoms with Crippen LogP contribution in [0.25, 0.3) is 0 Å². The molecule has 0 aromatic carbocycles. The first kappa shape index (κ1) is 10.6. The van der Waals surface area contributed by atoms with Gasteiger partial charge in [-0.2, -0.15) is 0 Å². The minimum Gasteiger partial charge on any atom is -0.424 e. The Hall–Kier alpha value is -0.900. The molecule has 0 bridgehead atoms. The highest BCUT2D eigenvalue weighted by Gasteiger charge is 2.21. The number of hydrogen-bond acceptors (Lipinski definition) is 4. The predicted molar refractivity (Wildman–Crippen MR) is 57.4 cm³/mol. The van der Waals surface area contributed by atoms with Gasteiger partial charge < -0.3 is 9.73 Å². The molecule has 1 fully saturated rings. The molecule has 1 N–H and O–H groups in total. The van der Waals surface area contributed by atoms with E-state index in [1.807, 2.05) is 0 Å². The van der Waals surface area contributed by atoms with Gasteiger partial charge in [-0.15, -0.1) is 10.2 Å². The molecule has 1 heterocycles. The number of nitrogens with zero attached hydrogens (tertiary/aromatic N) is 2. The lowest BCUT2D eigenvalue weighted by atomic mass is 10.2. The maximum atomic E-state index is 5.52. The van der Waals surface area contributed by atoms with Crippen LogP contribution in [0.3, 0.4) is 0 Å². The highest BCUT2D eigenvalue weighted by Crippen LogP contribution is 2.19. The molecule has 1 aromatic heterocycles. The van der Waals surface area contributed by atoms with Crippen LogP contribution in [0.15, 0.2) is 4.42 Å². The van der Waals surface area contributed by atoms with Crippen molar-refractivity contribution in [1.82, 2.24) is 15.5 Å². The van der Waals surface area contributed by atoms with Gasteiger partial charge in [-0.3, -0.25) is 0 Å². The van der Waals surface area contributed by atoms with Crippen molar-refractivity contribution in [3.05, 3.63) is 11.8 Å². The monoisotopic (exact) mass is 209 g/mol. The Morgan fingerprint density at radius 1 is 1.27 bits per heavy atom. The Kier molecular flexibility index (Phi) is 3.72. The molecule has 1 aromatic rings. The summed E-state index contributed by atoms with van der Waals surface area (Å²) in [6.07, 6.45) is 7.11. The summed E-state index contributed by atoms with van der Waals surface area (Å²) in [7, 11) is 0. The summed E-state index contributed by atoms with van der Waals surface area (Å²) in [6, 6.07) is 0.695. The van der Waals surface area contributed by atoms with Gasteiger partial charge in [0.05, 0.1) is 6.54 Å². The van der Waals surface area contributed by atoms with E-state index in [1.54, 1.807) is 0 Å². The third-order valence-corrected chi connectivity index (χ3v) is 2.62. The average molecular weight is 209 g/mol. The van der Waals surface area contributed by atoms with Crippen molar-refractivity contribution in [2.75, 3.05) is 0 Å². The first-order valence-electron chi connectivity index (χ1n) is 5.93. The van der Waals surface area contributed by atoms with Gasteiger partial charge in [-0.05, 0) is 19.3 Å². The van der Waals surface area contributed by atoms with Crippen molar-refractivity contribution in [3.63, 3.8) is 0 Å². The zero-order valence-electron chi connectivity index (χ0n) is 9.33. The second kappa shape index (κ2) is 5.26. The van der Waals surface area contributed by atoms with Crippen LogP contribution in [-0.2, 0) is 13.0 Å². The topological polar surface area (TPSA) is 51.0 Å². The molecule has 0 unspecified atom stereocenters. The third-order valence-electron chi connectivity index (χ3n) is 2.62. The molecule has 0 aliphatic heterocycles. The van der Waals surface area contributed by atoms with Gasteiger partial charge in [-0.1, -0.05) is 19.8 Å². The standard InChI is InChI=1S/C11H19N3O/c1-2-3-4-5-10-13-14-11(15-10)8-12-9-6-7-9/h9,12H,2-8H2,1H3. The number of aromatic nitrogens is 2. The lowest BCUT2D eigenvalue weighted by Gasteiger charge is -1.96. The van der Waals surface area contributed by atoms with Crippen LogP contribution in [0.5, 0.6) is 0 Å². The Labute approximate surface area is 90.5 Å². The van der Waals surface area contributed by atoms with Crippen LogP contribution in [0.2, 0.25) is 0 Å². The van der Waals surface area contributed by atoms with E-state index in [9.17, 15) is 0 Å². The predicted octanol–water partition coefficient (Wildman–Crippen LogP) is 2.05. The molecule has 0 atom stereocenters. The minimum atomic E-state index is 0.695. The third kappa shape index (κ3) is 3.63. The summed E-state index contributed by atoms with van der Waals surface area (Å²) in [5.74, 6) is 1.52. The number of rotatable bonds is 7. The fourth-order valence-corrected chi connectivity index (χ4v) is 1.51. The smallest absolute Gasteiger partial charge is 0.230 e. The van der Waals surface area contributed by atoms with Crippen LogP contribution in [0.1, 0.15) is 50.8 Å². The molecule has 0 radical (unpaired) electrons. The van der Waals surface area contributed by atoms with E-state index < -0.39 is 0 Å². The summed E-state index contributed by atoms with van der Waals surface area (Å²) in [5, 5.41) is 11.4. The van der Waals surface area contributed by atoms with Gasteiger partial charge in [0, 0.05) is 12.5 Å². The molecule has 1 aliphatic carbocycles. The zero-order chi connectivity index (χ0) is 10.5. The van der Waals surface area contributed by atoms with Gasteiger partial charge in [0.15, 0.2) is 0 Å². The van der Waals surface area contributed by atoms with Crippen molar-refractivity contribution in [1.29, 1.82) is 0 Å². The van der Waals surface area contributed by atoms with E-state index in [-0.39, 0.29) is 0 Å². The summed E-state index contributed by atoms with van der Waals surface area (Å²) >= 11 is 0. The van der Waals surface area contributed by atoms with Gasteiger partial charge in [0.1, 0.15) is 0 Å². The first-order chi connectivity index (χ1) is 7.38. The normalized spacial score (nSPS) is 15.8. The molecule has 0 saturated heterocycles. The zero-order valence-corrected chi connectivity index (χ0v) is 9.33. The maximum Gasteiger partial charge on any atom is 0.230 e. The summed E-state index contributed by atoms with van der Waals surface area (Å²) in [4.78, 5) is 0. The lowest BCUT2D eigenvalue weighted by molar-refractivity contribution is 0.425. The second-order valence-electron chi connectivity index (χ2n) is 4.20. The Balaban J connectivity index is 1.70. The first-order valence-corrected chi connectivity index (χ1v) is 5.93. The van der Waals surface area contributed by atoms with Crippen LogP contribution in [0, 0.1) is 0 Å². The van der Waals surface area contributed by atoms with Crippen LogP contribution in [0.4, 0.5) is 0 Å². The fourth-order valence-electron chi connectivity index (χ4n) is 1.51. The highest BCUT2D eigenvalue weighted by molar-refractivity contribution is 4.86. The number of unbranched alkanes of at least 4 members (excludes halogenated alkanes) is 2. The molecule has 1 aliphatic rings. The van der Waals surface area contributed by atoms with Crippen molar-refractivity contribution < 1.29 is 4.42 Å². The quantitative estimate of drug-likeness (QED) is 0.698. The molecule has 15 heavy (non-hydrogen) atoms. The van der Waals surface area contributed by atoms with E-state index in [4.69, 9.17) is 4.42 Å². The number of nitrogens with one attached hydrogen (secondary N) is 1. The average Bonchev–Trinajstić information content (AvgIpc) is 2.97. The van der Waals surface area contributed by atoms with Gasteiger partial charge in [-0.25, -0.2) is 0 Å². The van der Waals surface area contributed by atoms with E-state index in [0.717, 1.165) is 31.2 Å². The Bertz CT molecular complexity index is 294. The number of aryl methyl sites for hydroxylation is 1. The van der Waals surface area contributed by atoms with Gasteiger partial charge in [0.2, 0.25) is 11.8 Å². The summed E-state index contributed by atoms with van der Waals surface area (Å²) < 4.78 is 5.52. The van der Waals surface area contributed by atoms with Crippen molar-refractivity contribution in [2.24, 2.45) is 0 Å². The summed E-state index contributed by atoms with van der Waals surface area (Å²) in [6.45, 7) is 2.92. The fraction of sp³-hybridized carbons (Fsp3) is 0.818. The van der Waals surface area contributed by atoms with E-state index >= 15 is 0 Å². The molecule has 84 valence electrons. The molecule has 4 heteroatoms. The minimum absolute atomic E-state index is 0.695. The van der Waals surface area contributed by atoms with E-state index in [1.165, 1.54) is 25.7 Å². The second-order valence-corrected chi connectivity index (χ2v) is 4.20. The molecular formula is C11H19N3O. The van der Waals surface area contributed by atoms with Crippen molar-refractivity contribution in [2.45, 2.75) is 58.0 Å². The van der Waals surface area contributed by atoms with Crippen molar-refractivity contribution in [3.8, 4) is 0 Å². The van der Waals surface area contributed by atoms with Crippen LogP contribution >= 0.6 is 0 Å². The van der Waals surface area contributed by atoms with Crippen LogP contribution < -0.4 is 5.32 Å². The van der Waals surface area contributed by atoms with Crippen molar-refractivity contribution >= 4 is 0 Å². The maximum absolute atomic E-state index is 5.52. The Morgan fingerprint density at radius 3 is 2.80 bits per heavy atom. The van der Waals surface area contributed by atoms with Crippen LogP contribution in [-0.4, -0.2) is 16.2 Å². The van der Waals surface area contributed by atoms with Gasteiger partial charge in [0.25, 0.3) is 0 Å². The molecule has 4 nitrogen and oxygen atoms in total. The molecule has 1 saturated carbocycles. The van der Waals surface area contributed by atoms with E-state index in [0.29, 0.717) is 6.04 Å². The molecular weight excluding hydrogens is 190 g/mol. The molecule has 2 rings (SSSR count).